The largest absolute Gasteiger partial charge is 0.449 e. The van der Waals surface area contributed by atoms with E-state index < -0.39 is 198 Å². The molecular formula is C39H35F31O11. The second-order valence-corrected chi connectivity index (χ2v) is 18.7. The number of alkyl halides is 28. The minimum atomic E-state index is -6.77. The topological polar surface area (TPSA) is 180 Å². The summed E-state index contributed by atoms with van der Waals surface area (Å²) in [6, 6.07) is 0. The van der Waals surface area contributed by atoms with Crippen LogP contribution in [0.1, 0.15) is 38.5 Å². The lowest BCUT2D eigenvalue weighted by atomic mass is 9.54. The maximum atomic E-state index is 14.6. The highest BCUT2D eigenvalue weighted by atomic mass is 19.3. The van der Waals surface area contributed by atoms with Crippen molar-refractivity contribution in [2.75, 3.05) is 20.0 Å². The van der Waals surface area contributed by atoms with Crippen molar-refractivity contribution >= 4 is 17.9 Å². The van der Waals surface area contributed by atoms with Crippen molar-refractivity contribution < 1.29 is 191 Å². The molecule has 0 aromatic heterocycles. The molecule has 12 atom stereocenters. The summed E-state index contributed by atoms with van der Waals surface area (Å²) in [7, 11) is 0. The number of esters is 3. The van der Waals surface area contributed by atoms with Gasteiger partial charge < -0.3 is 39.7 Å². The Morgan fingerprint density at radius 1 is 0.358 bits per heavy atom. The van der Waals surface area contributed by atoms with E-state index in [4.69, 9.17) is 15.3 Å². The molecule has 0 amide bonds. The lowest BCUT2D eigenvalue weighted by Crippen LogP contribution is -2.91. The van der Waals surface area contributed by atoms with Gasteiger partial charge in [-0.3, -0.25) is 14.1 Å². The molecule has 0 radical (unpaired) electrons. The van der Waals surface area contributed by atoms with Gasteiger partial charge >= 0.3 is 76.9 Å². The number of carbonyl (C=O) groups excluding carboxylic acids is 3. The van der Waals surface area contributed by atoms with Crippen molar-refractivity contribution in [3.63, 3.8) is 0 Å². The average molecular weight is 1270 g/mol. The quantitative estimate of drug-likeness (QED) is 0.0652. The molecule has 6 bridgehead atoms. The van der Waals surface area contributed by atoms with E-state index >= 15 is 0 Å². The number of carbonyl (C=O) groups is 3. The van der Waals surface area contributed by atoms with Gasteiger partial charge in [-0.05, 0) is 0 Å². The SMILES string of the molecule is C=CC(=O)OC12CC(F)(CF)C(F)(F)C(O)(CC(O)(F)C1(F)F)C2(F)F.C=CC(=O)OC12CC(O)(F)C(F)(F)C(F)(C(F)(F)C(F)(CF)C1)C2(F)F.C=CC(=O)OC12CC(O)(F)C(F)(F)C(O)(C(F)(F)C(F)(CF)C1)C2(F)F.F.F.F. The summed E-state index contributed by atoms with van der Waals surface area (Å²) < 4.78 is 406. The summed E-state index contributed by atoms with van der Waals surface area (Å²) in [5.74, 6) is -77.6. The summed E-state index contributed by atoms with van der Waals surface area (Å²) in [4.78, 5) is 33.7. The Labute approximate surface area is 427 Å². The van der Waals surface area contributed by atoms with Crippen molar-refractivity contribution in [1.82, 2.24) is 0 Å². The fourth-order valence-corrected chi connectivity index (χ4v) is 10.00. The number of hydrogen-bond acceptors (Lipinski definition) is 11. The molecule has 474 valence electrons. The number of ether oxygens (including phenoxy) is 3. The summed E-state index contributed by atoms with van der Waals surface area (Å²) >= 11 is 0. The maximum Gasteiger partial charge on any atom is 0.351 e. The Bertz CT molecular complexity index is 2360. The number of halogens is 31. The molecule has 6 fully saturated rings. The molecule has 5 N–H and O–H groups in total. The van der Waals surface area contributed by atoms with Crippen LogP contribution in [0.25, 0.3) is 0 Å². The first-order valence-corrected chi connectivity index (χ1v) is 20.4. The van der Waals surface area contributed by atoms with Crippen LogP contribution < -0.4 is 0 Å². The van der Waals surface area contributed by atoms with Crippen LogP contribution in [-0.4, -0.2) is 185 Å². The zero-order chi connectivity index (χ0) is 61.8. The van der Waals surface area contributed by atoms with Gasteiger partial charge in [0.2, 0.25) is 22.6 Å². The van der Waals surface area contributed by atoms with E-state index in [0.717, 1.165) is 0 Å². The molecule has 0 aromatic rings. The number of rotatable bonds is 9. The molecular weight excluding hydrogens is 1230 g/mol. The van der Waals surface area contributed by atoms with Crippen molar-refractivity contribution in [3.05, 3.63) is 38.0 Å². The van der Waals surface area contributed by atoms with E-state index in [1.165, 1.54) is 0 Å². The molecule has 11 nitrogen and oxygen atoms in total. The molecule has 6 rings (SSSR count). The monoisotopic (exact) mass is 1270 g/mol. The van der Waals surface area contributed by atoms with Crippen LogP contribution in [0.3, 0.4) is 0 Å². The third-order valence-electron chi connectivity index (χ3n) is 14.2. The highest BCUT2D eigenvalue weighted by molar-refractivity contribution is 5.83. The Morgan fingerprint density at radius 2 is 0.667 bits per heavy atom. The molecule has 6 aliphatic rings. The summed E-state index contributed by atoms with van der Waals surface area (Å²) in [6.45, 7) is -0.570. The zero-order valence-electron chi connectivity index (χ0n) is 38.7. The molecule has 12 unspecified atom stereocenters. The standard InChI is InChI=1S/C13H10F10O3.2C13H11F9O4.3FH/c1-2-6(24)26-8-3-7(15,5-14)11(18,19)10(17,12(8,20)21)13(22,23)9(16,25)4-8;1-2-6(23)26-9-3-7(15,5-14)11(17,18)8(24,12(9,19)20)4-10(16,25)13(9,21)22;1-2-6(23)26-8-3-7(15,5-14)11(17,18)10(25,12(8,19)20)13(21,22)9(16,24)4-8;;;/h2,25H,1,3-5H2;2*2,24-25H,1,3-5H2;3*1H. The molecule has 81 heavy (non-hydrogen) atoms. The van der Waals surface area contributed by atoms with E-state index in [1.54, 1.807) is 0 Å². The van der Waals surface area contributed by atoms with Gasteiger partial charge in [-0.15, -0.1) is 0 Å². The molecule has 0 aliphatic heterocycles. The normalized spacial score (nSPS) is 44.0. The summed E-state index contributed by atoms with van der Waals surface area (Å²) in [6.07, 6.45) is -16.3. The van der Waals surface area contributed by atoms with Crippen LogP contribution >= 0.6 is 0 Å². The van der Waals surface area contributed by atoms with Gasteiger partial charge in [0.15, 0.2) is 11.2 Å². The molecule has 0 aromatic carbocycles. The van der Waals surface area contributed by atoms with E-state index in [1.807, 2.05) is 0 Å². The maximum absolute atomic E-state index is 14.6. The first-order chi connectivity index (χ1) is 34.3. The molecule has 0 spiro atoms. The fourth-order valence-electron chi connectivity index (χ4n) is 10.00. The van der Waals surface area contributed by atoms with Crippen LogP contribution in [0.4, 0.5) is 137 Å². The van der Waals surface area contributed by atoms with Crippen LogP contribution in [0.5, 0.6) is 0 Å². The lowest BCUT2D eigenvalue weighted by molar-refractivity contribution is -0.500. The van der Waals surface area contributed by atoms with Crippen LogP contribution in [0.15, 0.2) is 38.0 Å². The third kappa shape index (κ3) is 8.10. The second kappa shape index (κ2) is 19.7. The van der Waals surface area contributed by atoms with Gasteiger partial charge in [-0.25, -0.2) is 58.3 Å². The van der Waals surface area contributed by atoms with E-state index in [0.29, 0.717) is 0 Å². The van der Waals surface area contributed by atoms with Gasteiger partial charge in [0.1, 0.15) is 20.0 Å². The average Bonchev–Trinajstić information content (AvgIpc) is 3.29. The second-order valence-electron chi connectivity index (χ2n) is 18.7. The smallest absolute Gasteiger partial charge is 0.351 e. The lowest BCUT2D eigenvalue weighted by Gasteiger charge is -2.63. The van der Waals surface area contributed by atoms with Crippen LogP contribution in [-0.2, 0) is 28.6 Å². The van der Waals surface area contributed by atoms with Crippen molar-refractivity contribution in [1.29, 1.82) is 0 Å². The highest BCUT2D eigenvalue weighted by Gasteiger charge is 3.03. The fraction of sp³-hybridized carbons (Fsp3) is 0.769. The summed E-state index contributed by atoms with van der Waals surface area (Å²) in [5.41, 5.74) is -47.0. The van der Waals surface area contributed by atoms with Gasteiger partial charge in [-0.1, -0.05) is 19.7 Å². The van der Waals surface area contributed by atoms with Crippen LogP contribution in [0.2, 0.25) is 0 Å². The van der Waals surface area contributed by atoms with Gasteiger partial charge in [0, 0.05) is 37.5 Å². The minimum absolute atomic E-state index is 0. The molecule has 0 heterocycles. The predicted molar refractivity (Wildman–Crippen MR) is 198 cm³/mol. The first kappa shape index (κ1) is 74.3. The first-order valence-electron chi connectivity index (χ1n) is 20.4. The predicted octanol–water partition coefficient (Wildman–Crippen LogP) is 8.14. The Morgan fingerprint density at radius 3 is 1.02 bits per heavy atom. The van der Waals surface area contributed by atoms with Crippen molar-refractivity contribution in [2.24, 2.45) is 0 Å². The summed E-state index contributed by atoms with van der Waals surface area (Å²) in [5, 5.41) is 46.6. The van der Waals surface area contributed by atoms with Gasteiger partial charge in [-0.2, -0.15) is 79.0 Å². The zero-order valence-corrected chi connectivity index (χ0v) is 38.7. The number of aliphatic hydroxyl groups is 5. The molecule has 0 saturated heterocycles. The molecule has 6 aliphatic carbocycles. The van der Waals surface area contributed by atoms with Crippen LogP contribution in [0, 0.1) is 0 Å². The number of fused-ring (bicyclic) bond motifs is 6. The van der Waals surface area contributed by atoms with Crippen molar-refractivity contribution in [2.45, 2.75) is 160 Å². The van der Waals surface area contributed by atoms with E-state index in [2.05, 4.69) is 33.9 Å². The van der Waals surface area contributed by atoms with Crippen molar-refractivity contribution in [3.8, 4) is 0 Å². The van der Waals surface area contributed by atoms with Gasteiger partial charge in [0.25, 0.3) is 28.8 Å². The minimum Gasteiger partial charge on any atom is -0.449 e. The Kier molecular flexibility index (Phi) is 18.0. The molecule has 6 saturated carbocycles. The number of hydrogen-bond donors (Lipinski definition) is 5. The third-order valence-corrected chi connectivity index (χ3v) is 14.2. The molecule has 42 heteroatoms. The highest BCUT2D eigenvalue weighted by Crippen LogP contribution is 2.76. The Balaban J connectivity index is 0.000000596. The van der Waals surface area contributed by atoms with E-state index in [9.17, 15) is 148 Å². The Hall–Kier alpha value is -4.74. The van der Waals surface area contributed by atoms with E-state index in [-0.39, 0.29) is 32.3 Å². The van der Waals surface area contributed by atoms with Gasteiger partial charge in [0.05, 0.1) is 19.3 Å².